The molecule has 0 aliphatic rings. The van der Waals surface area contributed by atoms with E-state index in [1.165, 1.54) is 167 Å². The highest BCUT2D eigenvalue weighted by Crippen LogP contribution is 2.16. The Morgan fingerprint density at radius 1 is 0.322 bits per heavy atom. The second-order valence-electron chi connectivity index (χ2n) is 17.4. The van der Waals surface area contributed by atoms with Crippen LogP contribution in [0.25, 0.3) is 0 Å². The van der Waals surface area contributed by atoms with Gasteiger partial charge in [-0.1, -0.05) is 218 Å². The van der Waals surface area contributed by atoms with Crippen molar-refractivity contribution >= 4 is 17.9 Å². The maximum absolute atomic E-state index is 12.8. The fraction of sp³-hybridized carbons (Fsp3) is 0.868. The van der Waals surface area contributed by atoms with Crippen molar-refractivity contribution < 1.29 is 28.6 Å². The van der Waals surface area contributed by atoms with E-state index in [-0.39, 0.29) is 31.1 Å². The maximum Gasteiger partial charge on any atom is 0.306 e. The van der Waals surface area contributed by atoms with Crippen LogP contribution in [0.5, 0.6) is 0 Å². The molecule has 0 aromatic heterocycles. The van der Waals surface area contributed by atoms with E-state index in [0.717, 1.165) is 70.6 Å². The summed E-state index contributed by atoms with van der Waals surface area (Å²) in [5.74, 6) is -0.880. The Labute approximate surface area is 366 Å². The molecule has 0 aliphatic heterocycles. The molecule has 0 aromatic carbocycles. The fourth-order valence-electron chi connectivity index (χ4n) is 7.48. The number of allylic oxidation sites excluding steroid dienone is 4. The normalized spacial score (nSPS) is 12.1. The third-order valence-electron chi connectivity index (χ3n) is 11.4. The van der Waals surface area contributed by atoms with Gasteiger partial charge >= 0.3 is 17.9 Å². The fourth-order valence-corrected chi connectivity index (χ4v) is 7.48. The van der Waals surface area contributed by atoms with Crippen molar-refractivity contribution in [2.24, 2.45) is 0 Å². The summed E-state index contributed by atoms with van der Waals surface area (Å²) >= 11 is 0. The molecule has 0 aliphatic carbocycles. The minimum Gasteiger partial charge on any atom is -0.462 e. The molecule has 1 unspecified atom stereocenters. The van der Waals surface area contributed by atoms with Crippen LogP contribution in [0.3, 0.4) is 0 Å². The van der Waals surface area contributed by atoms with Crippen LogP contribution >= 0.6 is 0 Å². The first-order valence-corrected chi connectivity index (χ1v) is 25.8. The molecule has 0 saturated heterocycles. The van der Waals surface area contributed by atoms with Gasteiger partial charge in [-0.2, -0.15) is 0 Å². The van der Waals surface area contributed by atoms with Crippen LogP contribution < -0.4 is 0 Å². The van der Waals surface area contributed by atoms with Gasteiger partial charge in [0.25, 0.3) is 0 Å². The zero-order chi connectivity index (χ0) is 43.0. The van der Waals surface area contributed by atoms with Crippen LogP contribution in [0.2, 0.25) is 0 Å². The third-order valence-corrected chi connectivity index (χ3v) is 11.4. The van der Waals surface area contributed by atoms with E-state index in [2.05, 4.69) is 45.1 Å². The second-order valence-corrected chi connectivity index (χ2v) is 17.4. The third kappa shape index (κ3) is 46.8. The molecule has 0 heterocycles. The summed E-state index contributed by atoms with van der Waals surface area (Å²) in [4.78, 5) is 37.9. The van der Waals surface area contributed by atoms with Crippen molar-refractivity contribution in [2.45, 2.75) is 284 Å². The first kappa shape index (κ1) is 56.9. The predicted molar refractivity (Wildman–Crippen MR) is 252 cm³/mol. The van der Waals surface area contributed by atoms with E-state index in [0.29, 0.717) is 19.3 Å². The number of unbranched alkanes of at least 4 members (excludes halogenated alkanes) is 32. The molecule has 59 heavy (non-hydrogen) atoms. The van der Waals surface area contributed by atoms with Gasteiger partial charge in [-0.15, -0.1) is 0 Å². The molecule has 0 amide bonds. The van der Waals surface area contributed by atoms with Gasteiger partial charge in [0.2, 0.25) is 0 Å². The first-order chi connectivity index (χ1) is 29.0. The Balaban J connectivity index is 4.33. The van der Waals surface area contributed by atoms with E-state index in [1.807, 2.05) is 0 Å². The molecule has 0 radical (unpaired) electrons. The minimum absolute atomic E-state index is 0.0736. The van der Waals surface area contributed by atoms with Gasteiger partial charge in [0.15, 0.2) is 6.10 Å². The second kappa shape index (κ2) is 48.6. The summed E-state index contributed by atoms with van der Waals surface area (Å²) < 4.78 is 16.8. The molecule has 0 bridgehead atoms. The molecular weight excluding hydrogens is 733 g/mol. The van der Waals surface area contributed by atoms with Crippen molar-refractivity contribution in [1.29, 1.82) is 0 Å². The lowest BCUT2D eigenvalue weighted by molar-refractivity contribution is -0.167. The van der Waals surface area contributed by atoms with Gasteiger partial charge in [0.05, 0.1) is 0 Å². The minimum atomic E-state index is -0.773. The Kier molecular flexibility index (Phi) is 46.8. The lowest BCUT2D eigenvalue weighted by Crippen LogP contribution is -2.30. The van der Waals surface area contributed by atoms with E-state index in [4.69, 9.17) is 14.2 Å². The van der Waals surface area contributed by atoms with Gasteiger partial charge in [0, 0.05) is 19.3 Å². The molecule has 1 atom stereocenters. The molecule has 0 rings (SSSR count). The zero-order valence-corrected chi connectivity index (χ0v) is 39.5. The number of carbonyl (C=O) groups is 3. The molecule has 0 saturated carbocycles. The van der Waals surface area contributed by atoms with E-state index >= 15 is 0 Å². The summed E-state index contributed by atoms with van der Waals surface area (Å²) in [6.07, 6.45) is 54.4. The van der Waals surface area contributed by atoms with Crippen molar-refractivity contribution in [3.63, 3.8) is 0 Å². The standard InChI is InChI=1S/C53H98O6/c1-4-7-10-13-16-19-22-24-26-27-29-31-34-37-40-43-46-52(55)58-49-50(48-57-51(54)45-42-39-36-33-30-21-18-15-12-9-6-3)59-53(56)47-44-41-38-35-32-28-25-23-20-17-14-11-8-5-2/h15,18,23,25,50H,4-14,16-17,19-22,24,26-49H2,1-3H3/b18-15-,25-23-. The van der Waals surface area contributed by atoms with Crippen LogP contribution in [0.1, 0.15) is 278 Å². The van der Waals surface area contributed by atoms with E-state index in [1.54, 1.807) is 0 Å². The molecule has 6 heteroatoms. The number of carbonyl (C=O) groups excluding carboxylic acids is 3. The number of esters is 3. The Morgan fingerprint density at radius 2 is 0.576 bits per heavy atom. The van der Waals surface area contributed by atoms with Crippen molar-refractivity contribution in [1.82, 2.24) is 0 Å². The quantitative estimate of drug-likeness (QED) is 0.0263. The van der Waals surface area contributed by atoms with E-state index < -0.39 is 6.10 Å². The average molecular weight is 831 g/mol. The van der Waals surface area contributed by atoms with Gasteiger partial charge < -0.3 is 14.2 Å². The van der Waals surface area contributed by atoms with E-state index in [9.17, 15) is 14.4 Å². The summed E-state index contributed by atoms with van der Waals surface area (Å²) in [5.41, 5.74) is 0. The number of hydrogen-bond acceptors (Lipinski definition) is 6. The number of hydrogen-bond donors (Lipinski definition) is 0. The average Bonchev–Trinajstić information content (AvgIpc) is 3.23. The summed E-state index contributed by atoms with van der Waals surface area (Å²) in [5, 5.41) is 0. The van der Waals surface area contributed by atoms with Crippen molar-refractivity contribution in [3.8, 4) is 0 Å². The van der Waals surface area contributed by atoms with Gasteiger partial charge in [-0.3, -0.25) is 14.4 Å². The van der Waals surface area contributed by atoms with Gasteiger partial charge in [-0.05, 0) is 64.2 Å². The summed E-state index contributed by atoms with van der Waals surface area (Å²) in [6.45, 7) is 6.60. The summed E-state index contributed by atoms with van der Waals surface area (Å²) in [6, 6.07) is 0. The maximum atomic E-state index is 12.8. The zero-order valence-electron chi connectivity index (χ0n) is 39.5. The SMILES string of the molecule is CCCC/C=C\CCCCCCCC(=O)OCC(COC(=O)CCCCCCCCCCCCCCCCCC)OC(=O)CCCCCCC/C=C\CCCCCCC. The monoisotopic (exact) mass is 831 g/mol. The highest BCUT2D eigenvalue weighted by Gasteiger charge is 2.19. The molecule has 346 valence electrons. The highest BCUT2D eigenvalue weighted by molar-refractivity contribution is 5.71. The van der Waals surface area contributed by atoms with Crippen LogP contribution in [0.4, 0.5) is 0 Å². The lowest BCUT2D eigenvalue weighted by atomic mass is 10.0. The van der Waals surface area contributed by atoms with Crippen molar-refractivity contribution in [2.75, 3.05) is 13.2 Å². The Morgan fingerprint density at radius 3 is 0.898 bits per heavy atom. The molecule has 0 aromatic rings. The number of rotatable bonds is 47. The van der Waals surface area contributed by atoms with Crippen LogP contribution in [-0.4, -0.2) is 37.2 Å². The van der Waals surface area contributed by atoms with Crippen LogP contribution in [0, 0.1) is 0 Å². The molecule has 0 N–H and O–H groups in total. The Hall–Kier alpha value is -2.11. The molecule has 6 nitrogen and oxygen atoms in total. The molecule has 0 fully saturated rings. The lowest BCUT2D eigenvalue weighted by Gasteiger charge is -2.18. The smallest absolute Gasteiger partial charge is 0.306 e. The first-order valence-electron chi connectivity index (χ1n) is 25.8. The summed E-state index contributed by atoms with van der Waals surface area (Å²) in [7, 11) is 0. The van der Waals surface area contributed by atoms with Crippen LogP contribution in [0.15, 0.2) is 24.3 Å². The molecular formula is C53H98O6. The topological polar surface area (TPSA) is 78.9 Å². The largest absolute Gasteiger partial charge is 0.462 e. The van der Waals surface area contributed by atoms with Gasteiger partial charge in [-0.25, -0.2) is 0 Å². The molecule has 0 spiro atoms. The van der Waals surface area contributed by atoms with Crippen LogP contribution in [-0.2, 0) is 28.6 Å². The Bertz CT molecular complexity index is 958. The number of ether oxygens (including phenoxy) is 3. The van der Waals surface area contributed by atoms with Gasteiger partial charge in [0.1, 0.15) is 13.2 Å². The predicted octanol–water partition coefficient (Wildman–Crippen LogP) is 16.8. The van der Waals surface area contributed by atoms with Crippen molar-refractivity contribution in [3.05, 3.63) is 24.3 Å². The highest BCUT2D eigenvalue weighted by atomic mass is 16.6.